The Labute approximate surface area is 99.0 Å². The minimum absolute atomic E-state index is 0.248. The highest BCUT2D eigenvalue weighted by atomic mass is 32.2. The fourth-order valence-corrected chi connectivity index (χ4v) is 2.60. The minimum atomic E-state index is -0.330. The Hall–Kier alpha value is -1.10. The van der Waals surface area contributed by atoms with Gasteiger partial charge in [-0.05, 0) is 38.2 Å². The first-order valence-electron chi connectivity index (χ1n) is 5.44. The summed E-state index contributed by atoms with van der Waals surface area (Å²) in [7, 11) is 0. The topological polar surface area (TPSA) is 68.9 Å². The van der Waals surface area contributed by atoms with E-state index < -0.39 is 0 Å². The maximum absolute atomic E-state index is 10.7. The number of primary amides is 1. The highest BCUT2D eigenvalue weighted by Crippen LogP contribution is 2.24. The van der Waals surface area contributed by atoms with Crippen LogP contribution >= 0.6 is 11.8 Å². The highest BCUT2D eigenvalue weighted by molar-refractivity contribution is 7.99. The molecule has 1 aromatic heterocycles. The summed E-state index contributed by atoms with van der Waals surface area (Å²) in [5, 5.41) is 0.678. The quantitative estimate of drug-likeness (QED) is 0.634. The highest BCUT2D eigenvalue weighted by Gasteiger charge is 2.15. The lowest BCUT2D eigenvalue weighted by Crippen LogP contribution is -2.14. The monoisotopic (exact) mass is 237 g/mol. The van der Waals surface area contributed by atoms with Crippen molar-refractivity contribution in [2.75, 3.05) is 5.75 Å². The van der Waals surface area contributed by atoms with Crippen LogP contribution in [0, 0.1) is 6.92 Å². The first-order chi connectivity index (χ1) is 7.66. The lowest BCUT2D eigenvalue weighted by Gasteiger charge is -2.17. The standard InChI is InChI=1S/C11H15N3OS/c1-7-8-4-2-3-5-9(8)14-11(13-7)16-6-10(12)15/h2-6H2,1H3,(H2,12,15). The number of fused-ring (bicyclic) bond motifs is 1. The lowest BCUT2D eigenvalue weighted by atomic mass is 9.95. The van der Waals surface area contributed by atoms with Crippen molar-refractivity contribution in [2.45, 2.75) is 37.8 Å². The van der Waals surface area contributed by atoms with E-state index in [1.807, 2.05) is 6.92 Å². The molecule has 0 fully saturated rings. The predicted molar refractivity (Wildman–Crippen MR) is 63.3 cm³/mol. The third-order valence-corrected chi connectivity index (χ3v) is 3.58. The SMILES string of the molecule is Cc1nc(SCC(N)=O)nc2c1CCCC2. The molecule has 1 amide bonds. The van der Waals surface area contributed by atoms with Crippen molar-refractivity contribution < 1.29 is 4.79 Å². The average Bonchev–Trinajstić information content (AvgIpc) is 2.26. The molecule has 5 heteroatoms. The number of hydrogen-bond donors (Lipinski definition) is 1. The third-order valence-electron chi connectivity index (χ3n) is 2.71. The number of carbonyl (C=O) groups excluding carboxylic acids is 1. The van der Waals surface area contributed by atoms with Crippen molar-refractivity contribution in [1.29, 1.82) is 0 Å². The summed E-state index contributed by atoms with van der Waals surface area (Å²) < 4.78 is 0. The van der Waals surface area contributed by atoms with Crippen LogP contribution in [-0.2, 0) is 17.6 Å². The number of nitrogens with two attached hydrogens (primary N) is 1. The molecule has 1 aromatic rings. The molecule has 0 saturated carbocycles. The summed E-state index contributed by atoms with van der Waals surface area (Å²) in [6, 6.07) is 0. The Morgan fingerprint density at radius 2 is 2.12 bits per heavy atom. The molecule has 0 aromatic carbocycles. The predicted octanol–water partition coefficient (Wildman–Crippen LogP) is 1.24. The smallest absolute Gasteiger partial charge is 0.227 e. The second kappa shape index (κ2) is 4.82. The van der Waals surface area contributed by atoms with Gasteiger partial charge in [0.15, 0.2) is 5.16 Å². The number of amides is 1. The molecule has 2 N–H and O–H groups in total. The van der Waals surface area contributed by atoms with Gasteiger partial charge >= 0.3 is 0 Å². The van der Waals surface area contributed by atoms with E-state index in [1.54, 1.807) is 0 Å². The molecule has 0 bridgehead atoms. The van der Waals surface area contributed by atoms with E-state index in [0.29, 0.717) is 5.16 Å². The van der Waals surface area contributed by atoms with Crippen molar-refractivity contribution in [3.63, 3.8) is 0 Å². The Bertz CT molecular complexity index is 420. The zero-order chi connectivity index (χ0) is 11.5. The van der Waals surface area contributed by atoms with Crippen LogP contribution in [0.25, 0.3) is 0 Å². The van der Waals surface area contributed by atoms with E-state index in [0.717, 1.165) is 24.2 Å². The van der Waals surface area contributed by atoms with Crippen LogP contribution in [0.3, 0.4) is 0 Å². The van der Waals surface area contributed by atoms with Crippen LogP contribution < -0.4 is 5.73 Å². The largest absolute Gasteiger partial charge is 0.369 e. The number of thioether (sulfide) groups is 1. The second-order valence-electron chi connectivity index (χ2n) is 3.98. The average molecular weight is 237 g/mol. The van der Waals surface area contributed by atoms with Crippen molar-refractivity contribution in [3.05, 3.63) is 17.0 Å². The molecule has 1 aliphatic carbocycles. The van der Waals surface area contributed by atoms with Gasteiger partial charge in [0.05, 0.1) is 5.75 Å². The van der Waals surface area contributed by atoms with Crippen molar-refractivity contribution in [1.82, 2.24) is 9.97 Å². The molecule has 2 rings (SSSR count). The zero-order valence-corrected chi connectivity index (χ0v) is 10.1. The summed E-state index contributed by atoms with van der Waals surface area (Å²) in [4.78, 5) is 19.6. The Morgan fingerprint density at radius 1 is 1.38 bits per heavy atom. The van der Waals surface area contributed by atoms with Crippen LogP contribution in [-0.4, -0.2) is 21.6 Å². The fourth-order valence-electron chi connectivity index (χ4n) is 1.95. The summed E-state index contributed by atoms with van der Waals surface area (Å²) in [6.45, 7) is 2.01. The van der Waals surface area contributed by atoms with Gasteiger partial charge in [-0.3, -0.25) is 4.79 Å². The van der Waals surface area contributed by atoms with Crippen LogP contribution in [0.4, 0.5) is 0 Å². The summed E-state index contributed by atoms with van der Waals surface area (Å²) in [5.41, 5.74) is 8.61. The van der Waals surface area contributed by atoms with Crippen LogP contribution in [0.2, 0.25) is 0 Å². The first kappa shape index (κ1) is 11.4. The summed E-state index contributed by atoms with van der Waals surface area (Å²) >= 11 is 1.32. The summed E-state index contributed by atoms with van der Waals surface area (Å²) in [6.07, 6.45) is 4.54. The molecular weight excluding hydrogens is 222 g/mol. The normalized spacial score (nSPS) is 14.6. The van der Waals surface area contributed by atoms with E-state index in [2.05, 4.69) is 9.97 Å². The molecule has 0 aliphatic heterocycles. The van der Waals surface area contributed by atoms with Gasteiger partial charge in [-0.1, -0.05) is 11.8 Å². The van der Waals surface area contributed by atoms with E-state index in [1.165, 1.54) is 30.2 Å². The fraction of sp³-hybridized carbons (Fsp3) is 0.545. The molecule has 1 aliphatic rings. The van der Waals surface area contributed by atoms with Crippen LogP contribution in [0.15, 0.2) is 5.16 Å². The van der Waals surface area contributed by atoms with Gasteiger partial charge in [0.2, 0.25) is 5.91 Å². The van der Waals surface area contributed by atoms with Gasteiger partial charge in [0.1, 0.15) is 0 Å². The molecule has 0 atom stereocenters. The maximum atomic E-state index is 10.7. The van der Waals surface area contributed by atoms with Crippen molar-refractivity contribution >= 4 is 17.7 Å². The van der Waals surface area contributed by atoms with E-state index in [-0.39, 0.29) is 11.7 Å². The number of aromatic nitrogens is 2. The molecule has 1 heterocycles. The molecule has 16 heavy (non-hydrogen) atoms. The van der Waals surface area contributed by atoms with Gasteiger partial charge in [-0.25, -0.2) is 9.97 Å². The maximum Gasteiger partial charge on any atom is 0.227 e. The molecule has 0 saturated heterocycles. The van der Waals surface area contributed by atoms with Gasteiger partial charge in [0, 0.05) is 11.4 Å². The van der Waals surface area contributed by atoms with Crippen LogP contribution in [0.1, 0.15) is 29.8 Å². The van der Waals surface area contributed by atoms with Crippen LogP contribution in [0.5, 0.6) is 0 Å². The molecule has 4 nitrogen and oxygen atoms in total. The van der Waals surface area contributed by atoms with Gasteiger partial charge in [-0.15, -0.1) is 0 Å². The molecule has 0 radical (unpaired) electrons. The molecular formula is C11H15N3OS. The third kappa shape index (κ3) is 2.52. The Balaban J connectivity index is 2.21. The zero-order valence-electron chi connectivity index (χ0n) is 9.32. The van der Waals surface area contributed by atoms with Crippen molar-refractivity contribution in [2.24, 2.45) is 5.73 Å². The van der Waals surface area contributed by atoms with E-state index >= 15 is 0 Å². The Kier molecular flexibility index (Phi) is 3.43. The molecule has 0 spiro atoms. The minimum Gasteiger partial charge on any atom is -0.369 e. The lowest BCUT2D eigenvalue weighted by molar-refractivity contribution is -0.115. The second-order valence-corrected chi connectivity index (χ2v) is 4.92. The number of hydrogen-bond acceptors (Lipinski definition) is 4. The molecule has 86 valence electrons. The van der Waals surface area contributed by atoms with E-state index in [4.69, 9.17) is 5.73 Å². The first-order valence-corrected chi connectivity index (χ1v) is 6.43. The van der Waals surface area contributed by atoms with Gasteiger partial charge in [-0.2, -0.15) is 0 Å². The number of rotatable bonds is 3. The Morgan fingerprint density at radius 3 is 2.88 bits per heavy atom. The van der Waals surface area contributed by atoms with Gasteiger partial charge in [0.25, 0.3) is 0 Å². The number of carbonyl (C=O) groups is 1. The summed E-state index contributed by atoms with van der Waals surface area (Å²) in [5.74, 6) is -0.0814. The number of aryl methyl sites for hydroxylation is 2. The molecule has 0 unspecified atom stereocenters. The van der Waals surface area contributed by atoms with E-state index in [9.17, 15) is 4.79 Å². The van der Waals surface area contributed by atoms with Crippen molar-refractivity contribution in [3.8, 4) is 0 Å². The van der Waals surface area contributed by atoms with Gasteiger partial charge < -0.3 is 5.73 Å². The number of nitrogens with zero attached hydrogens (tertiary/aromatic N) is 2.